The molecule has 0 spiro atoms. The van der Waals surface area contributed by atoms with Gasteiger partial charge < -0.3 is 20.5 Å². The Bertz CT molecular complexity index is 555. The fourth-order valence-corrected chi connectivity index (χ4v) is 3.11. The molecule has 1 aromatic heterocycles. The Balaban J connectivity index is 0.00000288. The van der Waals surface area contributed by atoms with Crippen LogP contribution in [0.15, 0.2) is 10.6 Å². The van der Waals surface area contributed by atoms with Gasteiger partial charge >= 0.3 is 0 Å². The maximum absolute atomic E-state index is 12.0. The van der Waals surface area contributed by atoms with Crippen molar-refractivity contribution in [1.29, 1.82) is 0 Å². The van der Waals surface area contributed by atoms with Crippen LogP contribution in [0.4, 0.5) is 5.82 Å². The fourth-order valence-electron chi connectivity index (χ4n) is 2.42. The Kier molecular flexibility index (Phi) is 8.58. The number of halogens is 1. The predicted octanol–water partition coefficient (Wildman–Crippen LogP) is 1.72. The lowest BCUT2D eigenvalue weighted by molar-refractivity contribution is -0.119. The number of nitrogens with zero attached hydrogens (tertiary/aromatic N) is 1. The number of aryl methyl sites for hydroxylation is 1. The summed E-state index contributed by atoms with van der Waals surface area (Å²) in [7, 11) is 0. The number of nitrogens with one attached hydrogen (secondary N) is 3. The number of aromatic nitrogens is 1. The number of carbonyl (C=O) groups is 2. The van der Waals surface area contributed by atoms with Gasteiger partial charge in [-0.15, -0.1) is 24.2 Å². The zero-order valence-electron chi connectivity index (χ0n) is 14.1. The molecule has 1 saturated heterocycles. The first-order valence-electron chi connectivity index (χ1n) is 7.84. The molecule has 0 radical (unpaired) electrons. The van der Waals surface area contributed by atoms with Gasteiger partial charge in [0.15, 0.2) is 5.82 Å². The second-order valence-corrected chi connectivity index (χ2v) is 7.15. The molecule has 3 atom stereocenters. The van der Waals surface area contributed by atoms with Gasteiger partial charge in [-0.3, -0.25) is 9.59 Å². The molecule has 2 rings (SSSR count). The molecule has 2 heterocycles. The third kappa shape index (κ3) is 6.33. The molecule has 3 N–H and O–H groups in total. The summed E-state index contributed by atoms with van der Waals surface area (Å²) in [6, 6.07) is 2.10. The molecule has 9 heteroatoms. The molecule has 1 aliphatic heterocycles. The molecule has 0 aromatic carbocycles. The topological polar surface area (TPSA) is 96.3 Å². The minimum atomic E-state index is -0.348. The van der Waals surface area contributed by atoms with Gasteiger partial charge in [-0.05, 0) is 40.2 Å². The van der Waals surface area contributed by atoms with Crippen LogP contribution in [-0.4, -0.2) is 46.6 Å². The Hall–Kier alpha value is -1.25. The normalized spacial score (nSPS) is 21.5. The van der Waals surface area contributed by atoms with E-state index in [2.05, 4.69) is 28.0 Å². The first-order valence-corrected chi connectivity index (χ1v) is 8.89. The highest BCUT2D eigenvalue weighted by atomic mass is 35.5. The number of piperidine rings is 1. The van der Waals surface area contributed by atoms with E-state index < -0.39 is 0 Å². The van der Waals surface area contributed by atoms with Crippen LogP contribution in [0.25, 0.3) is 0 Å². The summed E-state index contributed by atoms with van der Waals surface area (Å²) in [6.45, 7) is 6.60. The van der Waals surface area contributed by atoms with Crippen molar-refractivity contribution in [2.24, 2.45) is 0 Å². The van der Waals surface area contributed by atoms with Crippen LogP contribution < -0.4 is 16.0 Å². The minimum Gasteiger partial charge on any atom is -0.360 e. The van der Waals surface area contributed by atoms with E-state index in [0.29, 0.717) is 11.6 Å². The number of carbonyl (C=O) groups excluding carboxylic acids is 2. The molecule has 1 fully saturated rings. The van der Waals surface area contributed by atoms with E-state index >= 15 is 0 Å². The van der Waals surface area contributed by atoms with Gasteiger partial charge in [-0.1, -0.05) is 5.16 Å². The second kappa shape index (κ2) is 9.90. The molecule has 0 saturated carbocycles. The Labute approximate surface area is 152 Å². The monoisotopic (exact) mass is 376 g/mol. The van der Waals surface area contributed by atoms with E-state index in [1.54, 1.807) is 19.9 Å². The molecular weight excluding hydrogens is 352 g/mol. The fraction of sp³-hybridized carbons (Fsp3) is 0.667. The van der Waals surface area contributed by atoms with Crippen molar-refractivity contribution in [3.63, 3.8) is 0 Å². The van der Waals surface area contributed by atoms with E-state index in [0.717, 1.165) is 19.4 Å². The van der Waals surface area contributed by atoms with Gasteiger partial charge in [0, 0.05) is 18.2 Å². The smallest absolute Gasteiger partial charge is 0.238 e. The number of thioether (sulfide) groups is 1. The van der Waals surface area contributed by atoms with Crippen molar-refractivity contribution in [2.45, 2.75) is 50.9 Å². The average Bonchev–Trinajstić information content (AvgIpc) is 2.92. The zero-order chi connectivity index (χ0) is 16.8. The summed E-state index contributed by atoms with van der Waals surface area (Å²) < 4.78 is 4.90. The zero-order valence-corrected chi connectivity index (χ0v) is 15.8. The Morgan fingerprint density at radius 1 is 1.54 bits per heavy atom. The molecule has 1 aromatic rings. The van der Waals surface area contributed by atoms with E-state index in [-0.39, 0.29) is 47.3 Å². The van der Waals surface area contributed by atoms with Crippen LogP contribution in [0.3, 0.4) is 0 Å². The number of hydrogen-bond donors (Lipinski definition) is 3. The molecule has 0 bridgehead atoms. The average molecular weight is 377 g/mol. The summed E-state index contributed by atoms with van der Waals surface area (Å²) >= 11 is 1.31. The third-order valence-electron chi connectivity index (χ3n) is 3.82. The third-order valence-corrected chi connectivity index (χ3v) is 4.96. The van der Waals surface area contributed by atoms with Crippen molar-refractivity contribution in [1.82, 2.24) is 15.8 Å². The van der Waals surface area contributed by atoms with Crippen molar-refractivity contribution in [3.8, 4) is 0 Å². The first-order chi connectivity index (χ1) is 11.0. The SMILES string of the molecule is Cc1cc(NC(=O)C(C)SCC(=O)NC2CCCNC2C)no1.Cl. The molecule has 1 aliphatic rings. The van der Waals surface area contributed by atoms with E-state index in [9.17, 15) is 9.59 Å². The van der Waals surface area contributed by atoms with E-state index in [1.807, 2.05) is 0 Å². The van der Waals surface area contributed by atoms with Gasteiger partial charge in [-0.25, -0.2) is 0 Å². The number of anilines is 1. The molecule has 136 valence electrons. The number of amides is 2. The maximum Gasteiger partial charge on any atom is 0.238 e. The van der Waals surface area contributed by atoms with Crippen molar-refractivity contribution in [2.75, 3.05) is 17.6 Å². The molecule has 7 nitrogen and oxygen atoms in total. The van der Waals surface area contributed by atoms with Crippen LogP contribution >= 0.6 is 24.2 Å². The molecule has 3 unspecified atom stereocenters. The van der Waals surface area contributed by atoms with Gasteiger partial charge in [0.2, 0.25) is 11.8 Å². The van der Waals surface area contributed by atoms with Crippen LogP contribution in [0.2, 0.25) is 0 Å². The maximum atomic E-state index is 12.0. The summed E-state index contributed by atoms with van der Waals surface area (Å²) in [5.41, 5.74) is 0. The van der Waals surface area contributed by atoms with E-state index in [1.165, 1.54) is 11.8 Å². The lowest BCUT2D eigenvalue weighted by Crippen LogP contribution is -2.52. The Morgan fingerprint density at radius 2 is 2.29 bits per heavy atom. The summed E-state index contributed by atoms with van der Waals surface area (Å²) in [5.74, 6) is 1.06. The minimum absolute atomic E-state index is 0. The second-order valence-electron chi connectivity index (χ2n) is 5.82. The van der Waals surface area contributed by atoms with Crippen LogP contribution in [0, 0.1) is 6.92 Å². The highest BCUT2D eigenvalue weighted by Gasteiger charge is 2.23. The molecule has 24 heavy (non-hydrogen) atoms. The summed E-state index contributed by atoms with van der Waals surface area (Å²) in [5, 5.41) is 12.4. The number of rotatable bonds is 6. The molecular formula is C15H25ClN4O3S. The van der Waals surface area contributed by atoms with Crippen molar-refractivity contribution >= 4 is 41.8 Å². The molecule has 2 amide bonds. The van der Waals surface area contributed by atoms with Crippen molar-refractivity contribution < 1.29 is 14.1 Å². The summed E-state index contributed by atoms with van der Waals surface area (Å²) in [4.78, 5) is 24.0. The lowest BCUT2D eigenvalue weighted by Gasteiger charge is -2.30. The van der Waals surface area contributed by atoms with Crippen LogP contribution in [0.5, 0.6) is 0 Å². The Morgan fingerprint density at radius 3 is 2.92 bits per heavy atom. The highest BCUT2D eigenvalue weighted by molar-refractivity contribution is 8.01. The van der Waals surface area contributed by atoms with Gasteiger partial charge in [-0.2, -0.15) is 0 Å². The summed E-state index contributed by atoms with van der Waals surface area (Å²) in [6.07, 6.45) is 2.06. The molecule has 0 aliphatic carbocycles. The van der Waals surface area contributed by atoms with Crippen molar-refractivity contribution in [3.05, 3.63) is 11.8 Å². The van der Waals surface area contributed by atoms with Crippen LogP contribution in [0.1, 0.15) is 32.4 Å². The lowest BCUT2D eigenvalue weighted by atomic mass is 10.00. The highest BCUT2D eigenvalue weighted by Crippen LogP contribution is 2.15. The first kappa shape index (κ1) is 20.8. The van der Waals surface area contributed by atoms with Gasteiger partial charge in [0.25, 0.3) is 0 Å². The quantitative estimate of drug-likeness (QED) is 0.699. The van der Waals surface area contributed by atoms with Gasteiger partial charge in [0.1, 0.15) is 5.76 Å². The number of hydrogen-bond acceptors (Lipinski definition) is 6. The standard InChI is InChI=1S/C15H24N4O3S.ClH/c1-9-7-13(19-22-9)18-15(21)11(3)23-8-14(20)17-12-5-4-6-16-10(12)2;/h7,10-12,16H,4-6,8H2,1-3H3,(H,17,20)(H,18,19,21);1H. The van der Waals surface area contributed by atoms with Crippen LogP contribution in [-0.2, 0) is 9.59 Å². The predicted molar refractivity (Wildman–Crippen MR) is 97.7 cm³/mol. The largest absolute Gasteiger partial charge is 0.360 e. The van der Waals surface area contributed by atoms with Gasteiger partial charge in [0.05, 0.1) is 11.0 Å². The van der Waals surface area contributed by atoms with E-state index in [4.69, 9.17) is 4.52 Å².